The molecule has 4 unspecified atom stereocenters. The molecule has 1 nitrogen and oxygen atoms in total. The summed E-state index contributed by atoms with van der Waals surface area (Å²) in [4.78, 5) is 0. The fourth-order valence-electron chi connectivity index (χ4n) is 3.93. The van der Waals surface area contributed by atoms with Crippen LogP contribution < -0.4 is 5.73 Å². The molecule has 1 heteroatoms. The Morgan fingerprint density at radius 2 is 1.89 bits per heavy atom. The Kier molecular flexibility index (Phi) is 3.48. The standard InChI is InChI=1S/C17H29N/c1-12-10-15-7-6-13(2)16(15,4)9-8-14(3)17(5,18)11-12/h14-15H,1-2,6-11,18H2,3-5H3. The predicted molar refractivity (Wildman–Crippen MR) is 79.3 cm³/mol. The Hall–Kier alpha value is -0.560. The van der Waals surface area contributed by atoms with Gasteiger partial charge in [-0.3, -0.25) is 0 Å². The van der Waals surface area contributed by atoms with E-state index in [-0.39, 0.29) is 5.54 Å². The number of allylic oxidation sites excluding steroid dienone is 1. The van der Waals surface area contributed by atoms with Crippen molar-refractivity contribution in [1.29, 1.82) is 0 Å². The Bertz CT molecular complexity index is 366. The van der Waals surface area contributed by atoms with E-state index in [1.54, 1.807) is 0 Å². The lowest BCUT2D eigenvalue weighted by Crippen LogP contribution is -2.43. The predicted octanol–water partition coefficient (Wildman–Crippen LogP) is 4.44. The highest BCUT2D eigenvalue weighted by molar-refractivity contribution is 5.20. The van der Waals surface area contributed by atoms with Gasteiger partial charge in [-0.2, -0.15) is 0 Å². The third-order valence-corrected chi connectivity index (χ3v) is 5.89. The van der Waals surface area contributed by atoms with Crippen LogP contribution in [-0.4, -0.2) is 5.54 Å². The molecule has 2 fully saturated rings. The highest BCUT2D eigenvalue weighted by atomic mass is 14.7. The molecule has 2 N–H and O–H groups in total. The van der Waals surface area contributed by atoms with Gasteiger partial charge in [-0.15, -0.1) is 0 Å². The summed E-state index contributed by atoms with van der Waals surface area (Å²) in [6.07, 6.45) is 7.10. The van der Waals surface area contributed by atoms with E-state index in [4.69, 9.17) is 5.73 Å². The van der Waals surface area contributed by atoms with Crippen molar-refractivity contribution in [2.75, 3.05) is 0 Å². The maximum Gasteiger partial charge on any atom is 0.0189 e. The second-order valence-corrected chi connectivity index (χ2v) is 7.33. The molecule has 102 valence electrons. The summed E-state index contributed by atoms with van der Waals surface area (Å²) in [7, 11) is 0. The first-order chi connectivity index (χ1) is 8.25. The third-order valence-electron chi connectivity index (χ3n) is 5.89. The van der Waals surface area contributed by atoms with Crippen LogP contribution in [0.1, 0.15) is 59.3 Å². The minimum atomic E-state index is -0.0899. The van der Waals surface area contributed by atoms with Crippen LogP contribution in [0.25, 0.3) is 0 Å². The molecule has 0 radical (unpaired) electrons. The van der Waals surface area contributed by atoms with Crippen molar-refractivity contribution >= 4 is 0 Å². The Morgan fingerprint density at radius 3 is 2.56 bits per heavy atom. The van der Waals surface area contributed by atoms with Gasteiger partial charge < -0.3 is 5.73 Å². The molecule has 18 heavy (non-hydrogen) atoms. The van der Waals surface area contributed by atoms with Crippen molar-refractivity contribution < 1.29 is 0 Å². The molecular formula is C17H29N. The minimum absolute atomic E-state index is 0.0899. The zero-order valence-corrected chi connectivity index (χ0v) is 12.4. The zero-order valence-electron chi connectivity index (χ0n) is 12.4. The van der Waals surface area contributed by atoms with E-state index < -0.39 is 0 Å². The summed E-state index contributed by atoms with van der Waals surface area (Å²) in [6, 6.07) is 0. The topological polar surface area (TPSA) is 26.0 Å². The van der Waals surface area contributed by atoms with Crippen molar-refractivity contribution in [1.82, 2.24) is 0 Å². The Labute approximate surface area is 113 Å². The minimum Gasteiger partial charge on any atom is -0.325 e. The summed E-state index contributed by atoms with van der Waals surface area (Å²) in [6.45, 7) is 15.6. The molecular weight excluding hydrogens is 218 g/mol. The molecule has 2 rings (SSSR count). The molecule has 0 spiro atoms. The van der Waals surface area contributed by atoms with Crippen LogP contribution >= 0.6 is 0 Å². The van der Waals surface area contributed by atoms with Crippen LogP contribution in [0.15, 0.2) is 24.3 Å². The molecule has 0 aliphatic heterocycles. The second-order valence-electron chi connectivity index (χ2n) is 7.33. The molecule has 0 aromatic rings. The van der Waals surface area contributed by atoms with Gasteiger partial charge in [0.05, 0.1) is 0 Å². The first-order valence-electron chi connectivity index (χ1n) is 7.39. The highest BCUT2D eigenvalue weighted by Gasteiger charge is 2.43. The zero-order chi connectivity index (χ0) is 13.6. The van der Waals surface area contributed by atoms with Gasteiger partial charge >= 0.3 is 0 Å². The third kappa shape index (κ3) is 2.30. The molecule has 2 aliphatic carbocycles. The maximum absolute atomic E-state index is 6.50. The summed E-state index contributed by atoms with van der Waals surface area (Å²) >= 11 is 0. The van der Waals surface area contributed by atoms with Gasteiger partial charge in [0.15, 0.2) is 0 Å². The number of nitrogens with two attached hydrogens (primary N) is 1. The van der Waals surface area contributed by atoms with Gasteiger partial charge in [-0.05, 0) is 62.7 Å². The lowest BCUT2D eigenvalue weighted by molar-refractivity contribution is 0.223. The van der Waals surface area contributed by atoms with E-state index in [1.807, 2.05) is 0 Å². The van der Waals surface area contributed by atoms with Gasteiger partial charge in [0.25, 0.3) is 0 Å². The normalized spacial score (nSPS) is 46.2. The van der Waals surface area contributed by atoms with Crippen LogP contribution in [0.2, 0.25) is 0 Å². The first kappa shape index (κ1) is 13.9. The van der Waals surface area contributed by atoms with Crippen LogP contribution in [0.4, 0.5) is 0 Å². The van der Waals surface area contributed by atoms with E-state index in [2.05, 4.69) is 33.9 Å². The van der Waals surface area contributed by atoms with Crippen LogP contribution in [0, 0.1) is 17.3 Å². The average molecular weight is 247 g/mol. The van der Waals surface area contributed by atoms with Crippen molar-refractivity contribution in [3.8, 4) is 0 Å². The smallest absolute Gasteiger partial charge is 0.0189 e. The SMILES string of the molecule is C=C1CC2CCC(=C)C2(C)CCC(C)C(C)(N)C1. The number of hydrogen-bond acceptors (Lipinski definition) is 1. The van der Waals surface area contributed by atoms with Crippen molar-refractivity contribution in [3.63, 3.8) is 0 Å². The summed E-state index contributed by atoms with van der Waals surface area (Å²) < 4.78 is 0. The van der Waals surface area contributed by atoms with E-state index in [0.29, 0.717) is 11.3 Å². The van der Waals surface area contributed by atoms with Gasteiger partial charge in [0.2, 0.25) is 0 Å². The van der Waals surface area contributed by atoms with Crippen molar-refractivity contribution in [2.45, 2.75) is 64.8 Å². The van der Waals surface area contributed by atoms with Crippen LogP contribution in [0.5, 0.6) is 0 Å². The van der Waals surface area contributed by atoms with Gasteiger partial charge in [0, 0.05) is 5.54 Å². The molecule has 2 aliphatic rings. The lowest BCUT2D eigenvalue weighted by Gasteiger charge is -2.34. The number of rotatable bonds is 0. The monoisotopic (exact) mass is 247 g/mol. The van der Waals surface area contributed by atoms with Crippen LogP contribution in [0.3, 0.4) is 0 Å². The van der Waals surface area contributed by atoms with Crippen molar-refractivity contribution in [2.24, 2.45) is 23.0 Å². The van der Waals surface area contributed by atoms with Gasteiger partial charge in [-0.25, -0.2) is 0 Å². The number of hydrogen-bond donors (Lipinski definition) is 1. The fraction of sp³-hybridized carbons (Fsp3) is 0.765. The Balaban J connectivity index is 2.27. The molecule has 4 atom stereocenters. The quantitative estimate of drug-likeness (QED) is 0.629. The van der Waals surface area contributed by atoms with E-state index in [1.165, 1.54) is 36.8 Å². The van der Waals surface area contributed by atoms with E-state index >= 15 is 0 Å². The first-order valence-corrected chi connectivity index (χ1v) is 7.39. The molecule has 2 saturated carbocycles. The molecule has 0 aromatic heterocycles. The van der Waals surface area contributed by atoms with Gasteiger partial charge in [0.1, 0.15) is 0 Å². The molecule has 0 heterocycles. The highest BCUT2D eigenvalue weighted by Crippen LogP contribution is 2.53. The maximum atomic E-state index is 6.50. The van der Waals surface area contributed by atoms with E-state index in [0.717, 1.165) is 18.8 Å². The second kappa shape index (κ2) is 4.52. The number of fused-ring (bicyclic) bond motifs is 1. The molecule has 0 aromatic carbocycles. The molecule has 0 saturated heterocycles. The summed E-state index contributed by atoms with van der Waals surface area (Å²) in [5.41, 5.74) is 9.55. The average Bonchev–Trinajstić information content (AvgIpc) is 2.54. The molecule has 0 amide bonds. The lowest BCUT2D eigenvalue weighted by atomic mass is 9.71. The molecule has 0 bridgehead atoms. The summed E-state index contributed by atoms with van der Waals surface area (Å²) in [5.74, 6) is 1.30. The Morgan fingerprint density at radius 1 is 1.22 bits per heavy atom. The fourth-order valence-corrected chi connectivity index (χ4v) is 3.93. The van der Waals surface area contributed by atoms with E-state index in [9.17, 15) is 0 Å². The van der Waals surface area contributed by atoms with Crippen molar-refractivity contribution in [3.05, 3.63) is 24.3 Å². The van der Waals surface area contributed by atoms with Crippen LogP contribution in [-0.2, 0) is 0 Å². The summed E-state index contributed by atoms with van der Waals surface area (Å²) in [5, 5.41) is 0. The van der Waals surface area contributed by atoms with Gasteiger partial charge in [-0.1, -0.05) is 38.2 Å². The largest absolute Gasteiger partial charge is 0.325 e.